The van der Waals surface area contributed by atoms with E-state index in [1.165, 1.54) is 16.9 Å². The average Bonchev–Trinajstić information content (AvgIpc) is 2.78. The summed E-state index contributed by atoms with van der Waals surface area (Å²) in [6, 6.07) is 6.27. The van der Waals surface area contributed by atoms with Crippen LogP contribution in [0.3, 0.4) is 0 Å². The number of halogens is 1. The number of aromatic nitrogens is 1. The molecule has 0 spiro atoms. The minimum atomic E-state index is -0.194. The molecular formula is C15H19BrN2OS. The highest BCUT2D eigenvalue weighted by molar-refractivity contribution is 9.10. The van der Waals surface area contributed by atoms with Gasteiger partial charge in [-0.2, -0.15) is 0 Å². The second kappa shape index (κ2) is 6.22. The van der Waals surface area contributed by atoms with Gasteiger partial charge in [0.05, 0.1) is 15.0 Å². The first-order chi connectivity index (χ1) is 9.38. The van der Waals surface area contributed by atoms with Crippen molar-refractivity contribution in [1.29, 1.82) is 0 Å². The summed E-state index contributed by atoms with van der Waals surface area (Å²) in [4.78, 5) is 16.3. The molecule has 0 aliphatic heterocycles. The van der Waals surface area contributed by atoms with Crippen LogP contribution in [0.25, 0.3) is 10.2 Å². The van der Waals surface area contributed by atoms with Gasteiger partial charge in [0.15, 0.2) is 5.13 Å². The smallest absolute Gasteiger partial charge is 0.240 e. The summed E-state index contributed by atoms with van der Waals surface area (Å²) in [7, 11) is 0. The fraction of sp³-hybridized carbons (Fsp3) is 0.467. The summed E-state index contributed by atoms with van der Waals surface area (Å²) in [5, 5.41) is 3.55. The van der Waals surface area contributed by atoms with Crippen LogP contribution in [-0.2, 0) is 4.79 Å². The van der Waals surface area contributed by atoms with E-state index < -0.39 is 0 Å². The van der Waals surface area contributed by atoms with E-state index in [1.54, 1.807) is 0 Å². The largest absolute Gasteiger partial charge is 0.301 e. The van der Waals surface area contributed by atoms with Gasteiger partial charge in [-0.3, -0.25) is 4.79 Å². The van der Waals surface area contributed by atoms with Gasteiger partial charge in [-0.25, -0.2) is 4.98 Å². The van der Waals surface area contributed by atoms with Crippen molar-refractivity contribution in [3.8, 4) is 0 Å². The number of rotatable bonds is 4. The summed E-state index contributed by atoms with van der Waals surface area (Å²) in [5.74, 6) is 0.701. The number of carbonyl (C=O) groups excluding carboxylic acids is 1. The maximum atomic E-state index is 12.0. The van der Waals surface area contributed by atoms with Crippen molar-refractivity contribution in [3.05, 3.63) is 23.8 Å². The molecule has 0 aliphatic rings. The van der Waals surface area contributed by atoms with Gasteiger partial charge in [-0.1, -0.05) is 61.0 Å². The molecule has 2 aromatic rings. The number of nitrogens with one attached hydrogen (secondary N) is 1. The van der Waals surface area contributed by atoms with Crippen LogP contribution in [0.1, 0.15) is 39.2 Å². The fourth-order valence-electron chi connectivity index (χ4n) is 1.83. The van der Waals surface area contributed by atoms with Gasteiger partial charge in [-0.05, 0) is 29.5 Å². The van der Waals surface area contributed by atoms with E-state index in [0.717, 1.165) is 10.2 Å². The molecule has 1 atom stereocenters. The lowest BCUT2D eigenvalue weighted by Crippen LogP contribution is -2.26. The van der Waals surface area contributed by atoms with E-state index in [-0.39, 0.29) is 16.7 Å². The lowest BCUT2D eigenvalue weighted by molar-refractivity contribution is -0.116. The van der Waals surface area contributed by atoms with Crippen LogP contribution in [0.15, 0.2) is 18.2 Å². The Kier molecular flexibility index (Phi) is 4.81. The molecule has 1 aromatic carbocycles. The molecule has 0 bridgehead atoms. The Morgan fingerprint density at radius 1 is 1.30 bits per heavy atom. The number of benzene rings is 1. The standard InChI is InChI=1S/C15H19BrN2OS/c1-8(2)10-5-6-11-12(7-10)20-15(17-11)18-14(19)13(16)9(3)4/h5-9,13H,1-4H3,(H,17,18,19)/t13-/m1/s1. The van der Waals surface area contributed by atoms with E-state index in [0.29, 0.717) is 11.0 Å². The Bertz CT molecular complexity index is 621. The first-order valence-electron chi connectivity index (χ1n) is 6.74. The third-order valence-corrected chi connectivity index (χ3v) is 5.55. The van der Waals surface area contributed by atoms with E-state index >= 15 is 0 Å². The second-order valence-corrected chi connectivity index (χ2v) is 7.55. The molecule has 0 aliphatic carbocycles. The zero-order valence-corrected chi connectivity index (χ0v) is 14.5. The molecule has 1 N–H and O–H groups in total. The summed E-state index contributed by atoms with van der Waals surface area (Å²) in [6.45, 7) is 8.35. The first kappa shape index (κ1) is 15.4. The summed E-state index contributed by atoms with van der Waals surface area (Å²) >= 11 is 4.93. The molecule has 2 rings (SSSR count). The van der Waals surface area contributed by atoms with Gasteiger partial charge in [0.1, 0.15) is 0 Å². The van der Waals surface area contributed by atoms with Gasteiger partial charge in [0.25, 0.3) is 0 Å². The monoisotopic (exact) mass is 354 g/mol. The van der Waals surface area contributed by atoms with E-state index in [1.807, 2.05) is 19.9 Å². The molecule has 0 fully saturated rings. The number of fused-ring (bicyclic) bond motifs is 1. The molecule has 3 nitrogen and oxygen atoms in total. The number of amides is 1. The summed E-state index contributed by atoms with van der Waals surface area (Å²) in [6.07, 6.45) is 0. The molecular weight excluding hydrogens is 336 g/mol. The average molecular weight is 355 g/mol. The predicted octanol–water partition coefficient (Wildman–Crippen LogP) is 4.78. The SMILES string of the molecule is CC(C)c1ccc2nc(NC(=O)[C@H](Br)C(C)C)sc2c1. The highest BCUT2D eigenvalue weighted by atomic mass is 79.9. The minimum Gasteiger partial charge on any atom is -0.301 e. The third kappa shape index (κ3) is 3.38. The van der Waals surface area contributed by atoms with Crippen molar-refractivity contribution in [3.63, 3.8) is 0 Å². The molecule has 0 unspecified atom stereocenters. The molecule has 1 amide bonds. The number of carbonyl (C=O) groups is 1. The Balaban J connectivity index is 2.22. The molecule has 0 saturated carbocycles. The Labute approximate surface area is 131 Å². The molecule has 20 heavy (non-hydrogen) atoms. The van der Waals surface area contributed by atoms with E-state index in [2.05, 4.69) is 52.2 Å². The Hall–Kier alpha value is -0.940. The van der Waals surface area contributed by atoms with Gasteiger partial charge >= 0.3 is 0 Å². The Morgan fingerprint density at radius 2 is 2.00 bits per heavy atom. The lowest BCUT2D eigenvalue weighted by atomic mass is 10.0. The van der Waals surface area contributed by atoms with Crippen LogP contribution in [0.4, 0.5) is 5.13 Å². The summed E-state index contributed by atoms with van der Waals surface area (Å²) in [5.41, 5.74) is 2.23. The zero-order valence-electron chi connectivity index (χ0n) is 12.1. The van der Waals surface area contributed by atoms with Gasteiger partial charge in [0, 0.05) is 0 Å². The number of nitrogens with zero attached hydrogens (tertiary/aromatic N) is 1. The van der Waals surface area contributed by atoms with Crippen molar-refractivity contribution in [2.45, 2.75) is 38.4 Å². The highest BCUT2D eigenvalue weighted by Gasteiger charge is 2.19. The van der Waals surface area contributed by atoms with Crippen LogP contribution in [0.2, 0.25) is 0 Å². The maximum Gasteiger partial charge on any atom is 0.240 e. The second-order valence-electron chi connectivity index (χ2n) is 5.54. The third-order valence-electron chi connectivity index (χ3n) is 3.15. The fourth-order valence-corrected chi connectivity index (χ4v) is 2.86. The van der Waals surface area contributed by atoms with Gasteiger partial charge in [0.2, 0.25) is 5.91 Å². The number of hydrogen-bond donors (Lipinski definition) is 1. The van der Waals surface area contributed by atoms with Crippen LogP contribution in [0, 0.1) is 5.92 Å². The molecule has 1 heterocycles. The minimum absolute atomic E-state index is 0.0388. The van der Waals surface area contributed by atoms with Crippen LogP contribution in [-0.4, -0.2) is 15.7 Å². The van der Waals surface area contributed by atoms with E-state index in [4.69, 9.17) is 0 Å². The molecule has 5 heteroatoms. The highest BCUT2D eigenvalue weighted by Crippen LogP contribution is 2.29. The van der Waals surface area contributed by atoms with Crippen LogP contribution >= 0.6 is 27.3 Å². The number of thiazole rings is 1. The zero-order chi connectivity index (χ0) is 14.9. The van der Waals surface area contributed by atoms with Crippen molar-refractivity contribution in [1.82, 2.24) is 4.98 Å². The van der Waals surface area contributed by atoms with Crippen LogP contribution < -0.4 is 5.32 Å². The molecule has 0 radical (unpaired) electrons. The Morgan fingerprint density at radius 3 is 2.60 bits per heavy atom. The maximum absolute atomic E-state index is 12.0. The van der Waals surface area contributed by atoms with Gasteiger partial charge < -0.3 is 5.32 Å². The lowest BCUT2D eigenvalue weighted by Gasteiger charge is -2.11. The normalized spacial score (nSPS) is 13.2. The molecule has 1 aromatic heterocycles. The molecule has 0 saturated heterocycles. The van der Waals surface area contributed by atoms with Crippen molar-refractivity contribution < 1.29 is 4.79 Å². The predicted molar refractivity (Wildman–Crippen MR) is 89.9 cm³/mol. The van der Waals surface area contributed by atoms with Crippen molar-refractivity contribution >= 4 is 48.5 Å². The van der Waals surface area contributed by atoms with Gasteiger partial charge in [-0.15, -0.1) is 0 Å². The van der Waals surface area contributed by atoms with Crippen LogP contribution in [0.5, 0.6) is 0 Å². The molecule has 108 valence electrons. The summed E-state index contributed by atoms with van der Waals surface area (Å²) < 4.78 is 1.11. The topological polar surface area (TPSA) is 42.0 Å². The van der Waals surface area contributed by atoms with E-state index in [9.17, 15) is 4.79 Å². The van der Waals surface area contributed by atoms with Crippen molar-refractivity contribution in [2.24, 2.45) is 5.92 Å². The number of hydrogen-bond acceptors (Lipinski definition) is 3. The van der Waals surface area contributed by atoms with Crippen molar-refractivity contribution in [2.75, 3.05) is 5.32 Å². The quantitative estimate of drug-likeness (QED) is 0.802. The number of anilines is 1. The first-order valence-corrected chi connectivity index (χ1v) is 8.47. The number of alkyl halides is 1.